The number of carbonyl (C=O) groups excluding carboxylic acids is 1. The lowest BCUT2D eigenvalue weighted by Gasteiger charge is -2.26. The van der Waals surface area contributed by atoms with Crippen LogP contribution in [0.15, 0.2) is 40.3 Å². The Balaban J connectivity index is 1.99. The minimum Gasteiger partial charge on any atom is -0.364 e. The first-order chi connectivity index (χ1) is 14.5. The number of pyridine rings is 1. The maximum absolute atomic E-state index is 13.9. The molecular weight excluding hydrogens is 420 g/mol. The number of hydrogen-bond acceptors (Lipinski definition) is 7. The number of rotatable bonds is 6. The summed E-state index contributed by atoms with van der Waals surface area (Å²) in [6, 6.07) is 9.29. The van der Waals surface area contributed by atoms with Gasteiger partial charge in [-0.2, -0.15) is 5.11 Å². The fourth-order valence-corrected chi connectivity index (χ4v) is 4.14. The number of benzene rings is 1. The lowest BCUT2D eigenvalue weighted by molar-refractivity contribution is -0.109. The summed E-state index contributed by atoms with van der Waals surface area (Å²) in [7, 11) is 0. The number of nitrogens with zero attached hydrogens (tertiary/aromatic N) is 3. The zero-order valence-electron chi connectivity index (χ0n) is 18.1. The molecular formula is C22H27F2N5OS. The molecule has 0 amide bonds. The van der Waals surface area contributed by atoms with Crippen molar-refractivity contribution in [3.63, 3.8) is 0 Å². The summed E-state index contributed by atoms with van der Waals surface area (Å²) in [4.78, 5) is 18.6. The second-order valence-corrected chi connectivity index (χ2v) is 9.89. The molecule has 0 aliphatic carbocycles. The lowest BCUT2D eigenvalue weighted by Crippen LogP contribution is -2.26. The molecule has 6 nitrogen and oxygen atoms in total. The average Bonchev–Trinajstić information content (AvgIpc) is 3.05. The normalized spacial score (nSPS) is 15.7. The van der Waals surface area contributed by atoms with Crippen LogP contribution in [0.1, 0.15) is 45.4 Å². The first-order valence-electron chi connectivity index (χ1n) is 10.1. The number of nitrogens with one attached hydrogen (secondary N) is 2. The second kappa shape index (κ2) is 8.90. The Bertz CT molecular complexity index is 990. The van der Waals surface area contributed by atoms with Crippen molar-refractivity contribution in [1.82, 2.24) is 4.98 Å². The molecule has 31 heavy (non-hydrogen) atoms. The highest BCUT2D eigenvalue weighted by Crippen LogP contribution is 2.42. The van der Waals surface area contributed by atoms with E-state index in [-0.39, 0.29) is 29.2 Å². The van der Waals surface area contributed by atoms with Gasteiger partial charge < -0.3 is 10.2 Å². The number of anilines is 2. The van der Waals surface area contributed by atoms with Gasteiger partial charge in [-0.05, 0) is 17.7 Å². The Hall–Kier alpha value is -2.55. The Morgan fingerprint density at radius 3 is 2.65 bits per heavy atom. The van der Waals surface area contributed by atoms with Crippen molar-refractivity contribution >= 4 is 34.1 Å². The molecule has 1 aliphatic rings. The van der Waals surface area contributed by atoms with E-state index < -0.39 is 12.5 Å². The molecule has 1 aromatic carbocycles. The van der Waals surface area contributed by atoms with Crippen molar-refractivity contribution in [2.24, 2.45) is 5.11 Å². The minimum absolute atomic E-state index is 0.0144. The van der Waals surface area contributed by atoms with Crippen LogP contribution in [0.25, 0.3) is 0 Å². The highest BCUT2D eigenvalue weighted by atomic mass is 32.2. The van der Waals surface area contributed by atoms with Crippen LogP contribution in [0, 0.1) is 5.53 Å². The highest BCUT2D eigenvalue weighted by molar-refractivity contribution is 8.13. The van der Waals surface area contributed by atoms with Crippen LogP contribution < -0.4 is 10.2 Å². The summed E-state index contributed by atoms with van der Waals surface area (Å²) in [5.41, 5.74) is 9.74. The zero-order valence-corrected chi connectivity index (χ0v) is 18.9. The number of thioether (sulfide) groups is 1. The van der Waals surface area contributed by atoms with Crippen molar-refractivity contribution < 1.29 is 13.6 Å². The zero-order chi connectivity index (χ0) is 22.8. The standard InChI is InChI=1S/C22H27F2N5OS/c1-14(30)31-17-8-6-5-7-15(17)12-26-20-19(28-25)16(11-18(27-20)21(2,3)4)29-10-9-22(23,24)13-29/h5-8,11,25H,9-10,12-13H2,1-4H3,(H,26,27). The lowest BCUT2D eigenvalue weighted by atomic mass is 9.91. The van der Waals surface area contributed by atoms with Crippen molar-refractivity contribution in [2.45, 2.75) is 56.9 Å². The molecule has 9 heteroatoms. The third-order valence-corrected chi connectivity index (χ3v) is 5.94. The number of aromatic nitrogens is 1. The maximum Gasteiger partial charge on any atom is 0.266 e. The fraction of sp³-hybridized carbons (Fsp3) is 0.455. The maximum atomic E-state index is 13.9. The van der Waals surface area contributed by atoms with Gasteiger partial charge in [0.1, 0.15) is 0 Å². The molecule has 2 aromatic rings. The highest BCUT2D eigenvalue weighted by Gasteiger charge is 2.39. The molecule has 0 bridgehead atoms. The quantitative estimate of drug-likeness (QED) is 0.411. The van der Waals surface area contributed by atoms with Crippen LogP contribution in [0.3, 0.4) is 0 Å². The summed E-state index contributed by atoms with van der Waals surface area (Å²) >= 11 is 1.15. The van der Waals surface area contributed by atoms with Crippen LogP contribution >= 0.6 is 11.8 Å². The predicted octanol–water partition coefficient (Wildman–Crippen LogP) is 6.14. The van der Waals surface area contributed by atoms with Crippen LogP contribution in [0.4, 0.5) is 26.0 Å². The van der Waals surface area contributed by atoms with E-state index in [1.165, 1.54) is 6.92 Å². The monoisotopic (exact) mass is 447 g/mol. The van der Waals surface area contributed by atoms with Gasteiger partial charge in [0.2, 0.25) is 0 Å². The van der Waals surface area contributed by atoms with Crippen LogP contribution in [0.2, 0.25) is 0 Å². The summed E-state index contributed by atoms with van der Waals surface area (Å²) in [6.07, 6.45) is -0.226. The van der Waals surface area contributed by atoms with E-state index in [4.69, 9.17) is 5.53 Å². The van der Waals surface area contributed by atoms with Gasteiger partial charge in [0, 0.05) is 36.7 Å². The second-order valence-electron chi connectivity index (χ2n) is 8.67. The van der Waals surface area contributed by atoms with Gasteiger partial charge in [0.25, 0.3) is 5.92 Å². The Morgan fingerprint density at radius 2 is 2.06 bits per heavy atom. The van der Waals surface area contributed by atoms with Gasteiger partial charge in [-0.3, -0.25) is 4.79 Å². The van der Waals surface area contributed by atoms with Gasteiger partial charge in [0.15, 0.2) is 16.6 Å². The van der Waals surface area contributed by atoms with E-state index in [0.29, 0.717) is 18.1 Å². The number of carbonyl (C=O) groups is 1. The van der Waals surface area contributed by atoms with E-state index in [0.717, 1.165) is 27.9 Å². The first kappa shape index (κ1) is 23.1. The van der Waals surface area contributed by atoms with Crippen molar-refractivity contribution in [3.8, 4) is 0 Å². The molecule has 0 radical (unpaired) electrons. The number of hydrogen-bond donors (Lipinski definition) is 2. The van der Waals surface area contributed by atoms with Gasteiger partial charge in [-0.25, -0.2) is 19.3 Å². The van der Waals surface area contributed by atoms with Crippen molar-refractivity contribution in [2.75, 3.05) is 23.3 Å². The van der Waals surface area contributed by atoms with E-state index >= 15 is 0 Å². The van der Waals surface area contributed by atoms with Crippen molar-refractivity contribution in [1.29, 1.82) is 5.53 Å². The fourth-order valence-electron chi connectivity index (χ4n) is 3.41. The van der Waals surface area contributed by atoms with Gasteiger partial charge in [0.05, 0.1) is 17.9 Å². The largest absolute Gasteiger partial charge is 0.364 e. The van der Waals surface area contributed by atoms with Gasteiger partial charge >= 0.3 is 0 Å². The average molecular weight is 448 g/mol. The van der Waals surface area contributed by atoms with Crippen molar-refractivity contribution in [3.05, 3.63) is 41.6 Å². The predicted molar refractivity (Wildman–Crippen MR) is 120 cm³/mol. The van der Waals surface area contributed by atoms with Gasteiger partial charge in [-0.1, -0.05) is 50.7 Å². The molecule has 3 rings (SSSR count). The molecule has 0 unspecified atom stereocenters. The van der Waals surface area contributed by atoms with E-state index in [1.807, 2.05) is 45.0 Å². The molecule has 2 heterocycles. The summed E-state index contributed by atoms with van der Waals surface area (Å²) in [6.45, 7) is 7.65. The Kier molecular flexibility index (Phi) is 6.64. The Labute approximate surface area is 185 Å². The summed E-state index contributed by atoms with van der Waals surface area (Å²) < 4.78 is 27.8. The molecule has 1 saturated heterocycles. The third kappa shape index (κ3) is 5.58. The summed E-state index contributed by atoms with van der Waals surface area (Å²) in [5.74, 6) is -2.39. The number of halogens is 2. The molecule has 0 saturated carbocycles. The first-order valence-corrected chi connectivity index (χ1v) is 10.9. The molecule has 0 spiro atoms. The molecule has 2 N–H and O–H groups in total. The van der Waals surface area contributed by atoms with Gasteiger partial charge in [-0.15, -0.1) is 0 Å². The smallest absolute Gasteiger partial charge is 0.266 e. The minimum atomic E-state index is -2.76. The molecule has 1 fully saturated rings. The SMILES string of the molecule is CC(=O)Sc1ccccc1CNc1nc(C(C)(C)C)cc(N2CCC(F)(F)C2)c1N=N. The number of alkyl halides is 2. The molecule has 1 aliphatic heterocycles. The Morgan fingerprint density at radius 1 is 1.35 bits per heavy atom. The van der Waals surface area contributed by atoms with E-state index in [9.17, 15) is 13.6 Å². The van der Waals surface area contributed by atoms with Crippen LogP contribution in [0.5, 0.6) is 0 Å². The topological polar surface area (TPSA) is 81.4 Å². The van der Waals surface area contributed by atoms with E-state index in [2.05, 4.69) is 15.4 Å². The van der Waals surface area contributed by atoms with Crippen LogP contribution in [-0.4, -0.2) is 29.1 Å². The van der Waals surface area contributed by atoms with E-state index in [1.54, 1.807) is 11.0 Å². The van der Waals surface area contributed by atoms with Crippen LogP contribution in [-0.2, 0) is 16.8 Å². The molecule has 0 atom stereocenters. The third-order valence-electron chi connectivity index (χ3n) is 5.04. The molecule has 1 aromatic heterocycles. The molecule has 166 valence electrons. The summed E-state index contributed by atoms with van der Waals surface area (Å²) in [5, 5.41) is 6.86.